The lowest BCUT2D eigenvalue weighted by Crippen LogP contribution is -2.39. The van der Waals surface area contributed by atoms with Crippen molar-refractivity contribution in [1.29, 1.82) is 0 Å². The largest absolute Gasteiger partial charge is 0.339 e. The van der Waals surface area contributed by atoms with Crippen molar-refractivity contribution >= 4 is 5.91 Å². The molecule has 2 aliphatic rings. The quantitative estimate of drug-likeness (QED) is 0.879. The van der Waals surface area contributed by atoms with Crippen molar-refractivity contribution < 1.29 is 4.79 Å². The Morgan fingerprint density at radius 3 is 2.74 bits per heavy atom. The molecule has 4 rings (SSSR count). The third-order valence-electron chi connectivity index (χ3n) is 6.18. The molecular weight excluding hydrogens is 334 g/mol. The van der Waals surface area contributed by atoms with Gasteiger partial charge in [-0.2, -0.15) is 0 Å². The topological polar surface area (TPSA) is 58.4 Å². The number of fused-ring (bicyclic) bond motifs is 1. The molecule has 2 heterocycles. The van der Waals surface area contributed by atoms with Gasteiger partial charge in [0.15, 0.2) is 0 Å². The molecule has 4 heteroatoms. The monoisotopic (exact) mass is 363 g/mol. The number of nitrogens with zero attached hydrogens (tertiary/aromatic N) is 1. The molecule has 2 aromatic rings. The van der Waals surface area contributed by atoms with Crippen LogP contribution in [-0.2, 0) is 13.0 Å². The maximum atomic E-state index is 13.2. The zero-order valence-corrected chi connectivity index (χ0v) is 16.1. The molecular formula is C23H29N3O. The van der Waals surface area contributed by atoms with Gasteiger partial charge in [-0.05, 0) is 67.0 Å². The van der Waals surface area contributed by atoms with E-state index in [0.29, 0.717) is 18.5 Å². The van der Waals surface area contributed by atoms with Crippen molar-refractivity contribution in [2.24, 2.45) is 5.73 Å². The Morgan fingerprint density at radius 1 is 1.19 bits per heavy atom. The number of likely N-dealkylation sites (tertiary alicyclic amines) is 1. The molecule has 2 aromatic carbocycles. The number of amides is 1. The van der Waals surface area contributed by atoms with Gasteiger partial charge in [-0.1, -0.05) is 36.4 Å². The van der Waals surface area contributed by atoms with E-state index in [2.05, 4.69) is 42.6 Å². The van der Waals surface area contributed by atoms with E-state index in [-0.39, 0.29) is 5.91 Å². The predicted octanol–water partition coefficient (Wildman–Crippen LogP) is 3.37. The van der Waals surface area contributed by atoms with E-state index in [1.807, 2.05) is 17.0 Å². The summed E-state index contributed by atoms with van der Waals surface area (Å²) in [5, 5.41) is 3.48. The van der Waals surface area contributed by atoms with Gasteiger partial charge in [-0.3, -0.25) is 4.79 Å². The molecule has 27 heavy (non-hydrogen) atoms. The molecule has 0 aliphatic carbocycles. The number of carbonyl (C=O) groups is 1. The third-order valence-corrected chi connectivity index (χ3v) is 6.18. The van der Waals surface area contributed by atoms with Crippen LogP contribution in [-0.4, -0.2) is 30.4 Å². The summed E-state index contributed by atoms with van der Waals surface area (Å²) < 4.78 is 0. The molecule has 2 aliphatic heterocycles. The predicted molar refractivity (Wildman–Crippen MR) is 109 cm³/mol. The molecule has 4 nitrogen and oxygen atoms in total. The first-order valence-electron chi connectivity index (χ1n) is 10.1. The Morgan fingerprint density at radius 2 is 1.96 bits per heavy atom. The Kier molecular flexibility index (Phi) is 5.28. The highest BCUT2D eigenvalue weighted by atomic mass is 16.2. The second-order valence-electron chi connectivity index (χ2n) is 7.81. The van der Waals surface area contributed by atoms with Crippen molar-refractivity contribution in [2.75, 3.05) is 19.6 Å². The normalized spacial score (nSPS) is 20.4. The first-order chi connectivity index (χ1) is 13.2. The summed E-state index contributed by atoms with van der Waals surface area (Å²) in [6.07, 6.45) is 2.98. The van der Waals surface area contributed by atoms with Crippen LogP contribution in [0.1, 0.15) is 64.3 Å². The van der Waals surface area contributed by atoms with Gasteiger partial charge in [-0.15, -0.1) is 0 Å². The van der Waals surface area contributed by atoms with Crippen LogP contribution >= 0.6 is 0 Å². The van der Waals surface area contributed by atoms with Crippen LogP contribution in [0.25, 0.3) is 0 Å². The molecule has 0 spiro atoms. The molecule has 0 radical (unpaired) electrons. The van der Waals surface area contributed by atoms with Gasteiger partial charge in [0.25, 0.3) is 5.91 Å². The van der Waals surface area contributed by atoms with Gasteiger partial charge in [0.05, 0.1) is 0 Å². The second-order valence-corrected chi connectivity index (χ2v) is 7.81. The third kappa shape index (κ3) is 3.64. The van der Waals surface area contributed by atoms with E-state index in [4.69, 9.17) is 5.73 Å². The van der Waals surface area contributed by atoms with Gasteiger partial charge in [-0.25, -0.2) is 0 Å². The second kappa shape index (κ2) is 7.83. The van der Waals surface area contributed by atoms with Gasteiger partial charge in [0.1, 0.15) is 0 Å². The lowest BCUT2D eigenvalue weighted by molar-refractivity contribution is 0.0711. The van der Waals surface area contributed by atoms with Crippen molar-refractivity contribution in [3.05, 3.63) is 70.3 Å². The fourth-order valence-electron chi connectivity index (χ4n) is 4.57. The molecule has 142 valence electrons. The van der Waals surface area contributed by atoms with E-state index in [1.54, 1.807) is 0 Å². The maximum absolute atomic E-state index is 13.2. The lowest BCUT2D eigenvalue weighted by Gasteiger charge is -2.34. The number of rotatable bonds is 3. The summed E-state index contributed by atoms with van der Waals surface area (Å²) >= 11 is 0. The average molecular weight is 364 g/mol. The highest BCUT2D eigenvalue weighted by Crippen LogP contribution is 2.31. The molecule has 1 fully saturated rings. The number of nitrogens with two attached hydrogens (primary N) is 1. The number of nitrogens with one attached hydrogen (secondary N) is 1. The Bertz CT molecular complexity index is 824. The fourth-order valence-corrected chi connectivity index (χ4v) is 4.57. The summed E-state index contributed by atoms with van der Waals surface area (Å²) in [7, 11) is 0. The molecule has 1 atom stereocenters. The zero-order valence-electron chi connectivity index (χ0n) is 16.1. The SMILES string of the molecule is CC1NCCc2c(C(=O)N3CCC(c4cccc(CN)c4)CC3)cccc21. The summed E-state index contributed by atoms with van der Waals surface area (Å²) in [5.41, 5.74) is 11.8. The number of hydrogen-bond acceptors (Lipinski definition) is 3. The van der Waals surface area contributed by atoms with Gasteiger partial charge in [0.2, 0.25) is 0 Å². The van der Waals surface area contributed by atoms with Gasteiger partial charge >= 0.3 is 0 Å². The number of piperidine rings is 1. The van der Waals surface area contributed by atoms with Crippen LogP contribution in [0.3, 0.4) is 0 Å². The highest BCUT2D eigenvalue weighted by molar-refractivity contribution is 5.96. The minimum absolute atomic E-state index is 0.204. The Hall–Kier alpha value is -2.17. The summed E-state index contributed by atoms with van der Waals surface area (Å²) in [6, 6.07) is 15.1. The average Bonchev–Trinajstić information content (AvgIpc) is 2.73. The number of hydrogen-bond donors (Lipinski definition) is 2. The standard InChI is InChI=1S/C23H29N3O/c1-16-20-6-3-7-22(21(20)8-11-25-16)23(27)26-12-9-18(10-13-26)19-5-2-4-17(14-19)15-24/h2-7,14,16,18,25H,8-13,15,24H2,1H3. The van der Waals surface area contributed by atoms with Crippen LogP contribution in [0.5, 0.6) is 0 Å². The summed E-state index contributed by atoms with van der Waals surface area (Å²) in [5.74, 6) is 0.726. The lowest BCUT2D eigenvalue weighted by atomic mass is 9.87. The van der Waals surface area contributed by atoms with Crippen molar-refractivity contribution in [2.45, 2.75) is 44.7 Å². The van der Waals surface area contributed by atoms with Crippen LogP contribution in [0.2, 0.25) is 0 Å². The number of carbonyl (C=O) groups excluding carboxylic acids is 1. The van der Waals surface area contributed by atoms with Crippen LogP contribution in [0.15, 0.2) is 42.5 Å². The molecule has 0 saturated carbocycles. The minimum Gasteiger partial charge on any atom is -0.339 e. The first kappa shape index (κ1) is 18.2. The molecule has 1 amide bonds. The summed E-state index contributed by atoms with van der Waals surface area (Å²) in [4.78, 5) is 15.3. The van der Waals surface area contributed by atoms with Crippen molar-refractivity contribution in [1.82, 2.24) is 10.2 Å². The van der Waals surface area contributed by atoms with E-state index in [1.165, 1.54) is 22.3 Å². The van der Waals surface area contributed by atoms with Crippen molar-refractivity contribution in [3.63, 3.8) is 0 Å². The van der Waals surface area contributed by atoms with Crippen molar-refractivity contribution in [3.8, 4) is 0 Å². The summed E-state index contributed by atoms with van der Waals surface area (Å²) in [6.45, 7) is 5.35. The minimum atomic E-state index is 0.204. The van der Waals surface area contributed by atoms with E-state index < -0.39 is 0 Å². The number of benzene rings is 2. The van der Waals surface area contributed by atoms with E-state index in [0.717, 1.165) is 44.5 Å². The molecule has 1 saturated heterocycles. The molecule has 1 unspecified atom stereocenters. The van der Waals surface area contributed by atoms with Crippen LogP contribution < -0.4 is 11.1 Å². The van der Waals surface area contributed by atoms with Gasteiger partial charge < -0.3 is 16.0 Å². The fraction of sp³-hybridized carbons (Fsp3) is 0.435. The maximum Gasteiger partial charge on any atom is 0.254 e. The van der Waals surface area contributed by atoms with Crippen LogP contribution in [0, 0.1) is 0 Å². The smallest absolute Gasteiger partial charge is 0.254 e. The highest BCUT2D eigenvalue weighted by Gasteiger charge is 2.28. The molecule has 0 bridgehead atoms. The van der Waals surface area contributed by atoms with Gasteiger partial charge in [0, 0.05) is 31.2 Å². The molecule has 0 aromatic heterocycles. The first-order valence-corrected chi connectivity index (χ1v) is 10.1. The van der Waals surface area contributed by atoms with E-state index >= 15 is 0 Å². The Balaban J connectivity index is 1.47. The van der Waals surface area contributed by atoms with Crippen LogP contribution in [0.4, 0.5) is 0 Å². The van der Waals surface area contributed by atoms with E-state index in [9.17, 15) is 4.79 Å². The molecule has 3 N–H and O–H groups in total. The zero-order chi connectivity index (χ0) is 18.8. The Labute approximate surface area is 161 Å².